The van der Waals surface area contributed by atoms with Gasteiger partial charge in [0.15, 0.2) is 5.65 Å². The molecular weight excluding hydrogens is 431 g/mol. The van der Waals surface area contributed by atoms with Gasteiger partial charge < -0.3 is 4.57 Å². The van der Waals surface area contributed by atoms with Crippen LogP contribution in [0.3, 0.4) is 0 Å². The summed E-state index contributed by atoms with van der Waals surface area (Å²) in [6.45, 7) is 0.512. The van der Waals surface area contributed by atoms with Gasteiger partial charge in [-0.15, -0.1) is 0 Å². The molecule has 0 radical (unpaired) electrons. The number of imidazole rings is 1. The third-order valence-electron chi connectivity index (χ3n) is 4.38. The van der Waals surface area contributed by atoms with E-state index in [2.05, 4.69) is 14.7 Å². The SMILES string of the molecule is O=S(=O)(NCc1nc2cccnc2n1Cc1ccc(Cl)cc1)c1ccc(Cl)cc1. The predicted octanol–water partition coefficient (Wildman–Crippen LogP) is 4.26. The van der Waals surface area contributed by atoms with Gasteiger partial charge >= 0.3 is 0 Å². The van der Waals surface area contributed by atoms with Gasteiger partial charge in [0.05, 0.1) is 18.0 Å². The van der Waals surface area contributed by atoms with Crippen LogP contribution in [0, 0.1) is 0 Å². The molecule has 0 saturated heterocycles. The standard InChI is InChI=1S/C20H16Cl2N4O2S/c21-15-5-3-14(4-6-15)13-26-19(25-18-2-1-11-23-20(18)26)12-24-29(27,28)17-9-7-16(22)8-10-17/h1-11,24H,12-13H2. The van der Waals surface area contributed by atoms with E-state index in [1.807, 2.05) is 34.9 Å². The van der Waals surface area contributed by atoms with Crippen LogP contribution in [0.25, 0.3) is 11.2 Å². The molecule has 0 aliphatic heterocycles. The normalized spacial score (nSPS) is 11.8. The number of nitrogens with one attached hydrogen (secondary N) is 1. The Morgan fingerprint density at radius 1 is 0.931 bits per heavy atom. The van der Waals surface area contributed by atoms with Crippen LogP contribution in [0.5, 0.6) is 0 Å². The first-order chi connectivity index (χ1) is 13.9. The number of hydrogen-bond acceptors (Lipinski definition) is 4. The molecule has 0 saturated carbocycles. The van der Waals surface area contributed by atoms with Gasteiger partial charge in [-0.05, 0) is 54.1 Å². The minimum Gasteiger partial charge on any atom is -0.307 e. The second-order valence-electron chi connectivity index (χ2n) is 6.37. The molecule has 2 aromatic heterocycles. The Hall–Kier alpha value is -2.45. The third-order valence-corrected chi connectivity index (χ3v) is 6.30. The number of rotatable bonds is 6. The van der Waals surface area contributed by atoms with E-state index in [9.17, 15) is 8.42 Å². The van der Waals surface area contributed by atoms with Crippen molar-refractivity contribution in [1.29, 1.82) is 0 Å². The van der Waals surface area contributed by atoms with E-state index in [-0.39, 0.29) is 11.4 Å². The number of halogens is 2. The molecule has 4 aromatic rings. The molecule has 6 nitrogen and oxygen atoms in total. The van der Waals surface area contributed by atoms with Crippen molar-refractivity contribution >= 4 is 44.4 Å². The first kappa shape index (κ1) is 19.8. The molecule has 0 aliphatic carbocycles. The van der Waals surface area contributed by atoms with E-state index in [0.717, 1.165) is 5.56 Å². The van der Waals surface area contributed by atoms with Crippen molar-refractivity contribution in [2.24, 2.45) is 0 Å². The summed E-state index contributed by atoms with van der Waals surface area (Å²) in [6.07, 6.45) is 1.68. The summed E-state index contributed by atoms with van der Waals surface area (Å²) < 4.78 is 29.7. The Kier molecular flexibility index (Phi) is 5.56. The van der Waals surface area contributed by atoms with Crippen LogP contribution in [0.2, 0.25) is 10.0 Å². The summed E-state index contributed by atoms with van der Waals surface area (Å²) in [6, 6.07) is 17.1. The zero-order valence-electron chi connectivity index (χ0n) is 15.1. The molecule has 2 heterocycles. The monoisotopic (exact) mass is 446 g/mol. The molecule has 0 fully saturated rings. The van der Waals surface area contributed by atoms with E-state index in [4.69, 9.17) is 23.2 Å². The largest absolute Gasteiger partial charge is 0.307 e. The lowest BCUT2D eigenvalue weighted by molar-refractivity contribution is 0.576. The van der Waals surface area contributed by atoms with Crippen molar-refractivity contribution in [3.63, 3.8) is 0 Å². The highest BCUT2D eigenvalue weighted by molar-refractivity contribution is 7.89. The number of aromatic nitrogens is 3. The molecule has 0 bridgehead atoms. The number of sulfonamides is 1. The number of nitrogens with zero attached hydrogens (tertiary/aromatic N) is 3. The quantitative estimate of drug-likeness (QED) is 0.479. The van der Waals surface area contributed by atoms with Crippen molar-refractivity contribution in [3.8, 4) is 0 Å². The van der Waals surface area contributed by atoms with Crippen LogP contribution >= 0.6 is 23.2 Å². The molecule has 0 unspecified atom stereocenters. The van der Waals surface area contributed by atoms with Crippen molar-refractivity contribution < 1.29 is 8.42 Å². The maximum Gasteiger partial charge on any atom is 0.240 e. The van der Waals surface area contributed by atoms with Crippen molar-refractivity contribution in [2.75, 3.05) is 0 Å². The number of benzene rings is 2. The molecule has 4 rings (SSSR count). The lowest BCUT2D eigenvalue weighted by Gasteiger charge is -2.11. The molecule has 148 valence electrons. The third kappa shape index (κ3) is 4.43. The maximum atomic E-state index is 12.6. The van der Waals surface area contributed by atoms with Crippen LogP contribution in [0.1, 0.15) is 11.4 Å². The predicted molar refractivity (Wildman–Crippen MR) is 114 cm³/mol. The fraction of sp³-hybridized carbons (Fsp3) is 0.100. The minimum atomic E-state index is -3.71. The number of hydrogen-bond donors (Lipinski definition) is 1. The molecule has 0 atom stereocenters. The van der Waals surface area contributed by atoms with Crippen LogP contribution in [-0.4, -0.2) is 23.0 Å². The van der Waals surface area contributed by atoms with Gasteiger partial charge in [-0.1, -0.05) is 35.3 Å². The molecular formula is C20H16Cl2N4O2S. The summed E-state index contributed by atoms with van der Waals surface area (Å²) >= 11 is 11.8. The van der Waals surface area contributed by atoms with E-state index >= 15 is 0 Å². The summed E-state index contributed by atoms with van der Waals surface area (Å²) in [5.41, 5.74) is 2.38. The fourth-order valence-electron chi connectivity index (χ4n) is 2.94. The molecule has 0 aliphatic rings. The average molecular weight is 447 g/mol. The second kappa shape index (κ2) is 8.12. The van der Waals surface area contributed by atoms with Crippen LogP contribution in [-0.2, 0) is 23.1 Å². The zero-order valence-corrected chi connectivity index (χ0v) is 17.4. The minimum absolute atomic E-state index is 0.0227. The van der Waals surface area contributed by atoms with Gasteiger partial charge in [0.25, 0.3) is 0 Å². The first-order valence-corrected chi connectivity index (χ1v) is 11.0. The van der Waals surface area contributed by atoms with Crippen molar-refractivity contribution in [3.05, 3.63) is 88.3 Å². The van der Waals surface area contributed by atoms with Gasteiger partial charge in [-0.2, -0.15) is 0 Å². The Labute approximate surface area is 178 Å². The molecule has 0 spiro atoms. The van der Waals surface area contributed by atoms with Gasteiger partial charge in [-0.25, -0.2) is 23.1 Å². The van der Waals surface area contributed by atoms with Crippen LogP contribution in [0.4, 0.5) is 0 Å². The van der Waals surface area contributed by atoms with Gasteiger partial charge in [0.2, 0.25) is 10.0 Å². The van der Waals surface area contributed by atoms with Crippen LogP contribution in [0.15, 0.2) is 71.8 Å². The van der Waals surface area contributed by atoms with Crippen LogP contribution < -0.4 is 4.72 Å². The highest BCUT2D eigenvalue weighted by Gasteiger charge is 2.17. The topological polar surface area (TPSA) is 76.9 Å². The average Bonchev–Trinajstić information content (AvgIpc) is 3.06. The lowest BCUT2D eigenvalue weighted by Crippen LogP contribution is -2.25. The Balaban J connectivity index is 1.64. The van der Waals surface area contributed by atoms with E-state index < -0.39 is 10.0 Å². The summed E-state index contributed by atoms with van der Waals surface area (Å²) in [5, 5.41) is 1.12. The smallest absolute Gasteiger partial charge is 0.240 e. The summed E-state index contributed by atoms with van der Waals surface area (Å²) in [7, 11) is -3.71. The fourth-order valence-corrected chi connectivity index (χ4v) is 4.17. The van der Waals surface area contributed by atoms with Crippen molar-refractivity contribution in [1.82, 2.24) is 19.3 Å². The Morgan fingerprint density at radius 3 is 2.28 bits per heavy atom. The Bertz CT molecular complexity index is 1250. The molecule has 9 heteroatoms. The van der Waals surface area contributed by atoms with E-state index in [1.165, 1.54) is 24.3 Å². The lowest BCUT2D eigenvalue weighted by atomic mass is 10.2. The summed E-state index contributed by atoms with van der Waals surface area (Å²) in [4.78, 5) is 9.11. The number of pyridine rings is 1. The maximum absolute atomic E-state index is 12.6. The van der Waals surface area contributed by atoms with E-state index in [0.29, 0.717) is 33.6 Å². The highest BCUT2D eigenvalue weighted by atomic mass is 35.5. The molecule has 1 N–H and O–H groups in total. The summed E-state index contributed by atoms with van der Waals surface area (Å²) in [5.74, 6) is 0.561. The molecule has 29 heavy (non-hydrogen) atoms. The highest BCUT2D eigenvalue weighted by Crippen LogP contribution is 2.19. The van der Waals surface area contributed by atoms with Gasteiger partial charge in [0.1, 0.15) is 11.3 Å². The van der Waals surface area contributed by atoms with E-state index in [1.54, 1.807) is 12.3 Å². The van der Waals surface area contributed by atoms with Crippen molar-refractivity contribution in [2.45, 2.75) is 18.0 Å². The zero-order chi connectivity index (χ0) is 20.4. The first-order valence-electron chi connectivity index (χ1n) is 8.72. The molecule has 2 aromatic carbocycles. The Morgan fingerprint density at radius 2 is 1.59 bits per heavy atom. The van der Waals surface area contributed by atoms with Gasteiger partial charge in [-0.3, -0.25) is 0 Å². The second-order valence-corrected chi connectivity index (χ2v) is 9.01. The number of fused-ring (bicyclic) bond motifs is 1. The van der Waals surface area contributed by atoms with Gasteiger partial charge in [0, 0.05) is 16.2 Å². The molecule has 0 amide bonds.